The van der Waals surface area contributed by atoms with Gasteiger partial charge in [0.2, 0.25) is 11.8 Å². The zero-order valence-corrected chi connectivity index (χ0v) is 18.6. The lowest BCUT2D eigenvalue weighted by Crippen LogP contribution is -2.44. The van der Waals surface area contributed by atoms with Crippen LogP contribution in [0, 0.1) is 29.6 Å². The number of phenols is 1. The van der Waals surface area contributed by atoms with Gasteiger partial charge in [0.1, 0.15) is 11.8 Å². The molecule has 3 heterocycles. The van der Waals surface area contributed by atoms with Gasteiger partial charge in [0.25, 0.3) is 0 Å². The average Bonchev–Trinajstić information content (AvgIpc) is 3.47. The number of fused-ring (bicyclic) bond motifs is 9. The smallest absolute Gasteiger partial charge is 0.326 e. The molecule has 2 aliphatic carbocycles. The number of aromatic hydroxyl groups is 1. The van der Waals surface area contributed by atoms with Crippen LogP contribution in [0.5, 0.6) is 5.75 Å². The molecule has 1 saturated heterocycles. The third kappa shape index (κ3) is 2.50. The second kappa shape index (κ2) is 6.71. The summed E-state index contributed by atoms with van der Waals surface area (Å²) >= 11 is 2.76. The van der Waals surface area contributed by atoms with E-state index in [1.54, 1.807) is 23.9 Å². The Morgan fingerprint density at radius 2 is 1.78 bits per heavy atom. The van der Waals surface area contributed by atoms with Crippen molar-refractivity contribution < 1.29 is 24.6 Å². The van der Waals surface area contributed by atoms with Gasteiger partial charge in [-0.1, -0.05) is 23.5 Å². The molecule has 166 valence electrons. The molecule has 4 aliphatic rings. The number of carboxylic acid groups (broad SMARTS) is 1. The van der Waals surface area contributed by atoms with E-state index in [0.29, 0.717) is 0 Å². The number of amides is 2. The molecule has 1 aromatic carbocycles. The Morgan fingerprint density at radius 3 is 2.44 bits per heavy atom. The largest absolute Gasteiger partial charge is 0.508 e. The summed E-state index contributed by atoms with van der Waals surface area (Å²) in [4.78, 5) is 54.9. The van der Waals surface area contributed by atoms with E-state index in [9.17, 15) is 29.4 Å². The summed E-state index contributed by atoms with van der Waals surface area (Å²) in [6.07, 6.45) is 0.748. The Bertz CT molecular complexity index is 1220. The molecule has 0 radical (unpaired) electrons. The number of phenolic OH excluding ortho intramolecular Hbond substituents is 1. The van der Waals surface area contributed by atoms with Crippen LogP contribution in [-0.2, 0) is 14.4 Å². The van der Waals surface area contributed by atoms with E-state index in [2.05, 4.69) is 4.98 Å². The minimum absolute atomic E-state index is 0.0430. The molecule has 8 nitrogen and oxygen atoms in total. The molecule has 2 amide bonds. The predicted molar refractivity (Wildman–Crippen MR) is 116 cm³/mol. The number of aliphatic carboxylic acids is 1. The number of aromatic amines is 1. The number of carbonyl (C=O) groups is 3. The number of nitrogens with one attached hydrogen (secondary N) is 1. The number of carboxylic acids is 1. The van der Waals surface area contributed by atoms with E-state index in [1.165, 1.54) is 18.3 Å². The topological polar surface area (TPSA) is 128 Å². The molecule has 32 heavy (non-hydrogen) atoms. The van der Waals surface area contributed by atoms with E-state index in [0.717, 1.165) is 26.8 Å². The second-order valence-electron chi connectivity index (χ2n) is 9.11. The highest BCUT2D eigenvalue weighted by atomic mass is 32.2. The highest BCUT2D eigenvalue weighted by molar-refractivity contribution is 8.00. The zero-order chi connectivity index (χ0) is 22.5. The molecule has 2 saturated carbocycles. The Kier molecular flexibility index (Phi) is 4.20. The maximum Gasteiger partial charge on any atom is 0.326 e. The first-order chi connectivity index (χ1) is 15.3. The van der Waals surface area contributed by atoms with E-state index in [4.69, 9.17) is 0 Å². The number of benzene rings is 1. The summed E-state index contributed by atoms with van der Waals surface area (Å²) in [5, 5.41) is 20.1. The number of carbonyl (C=O) groups excluding carboxylic acids is 2. The first-order valence-corrected chi connectivity index (χ1v) is 12.3. The molecule has 6 rings (SSSR count). The number of nitrogens with zero attached hydrogens (tertiary/aromatic N) is 1. The number of H-pyrrole nitrogens is 1. The maximum absolute atomic E-state index is 13.3. The molecule has 8 atom stereocenters. The van der Waals surface area contributed by atoms with Crippen molar-refractivity contribution in [2.45, 2.75) is 35.6 Å². The van der Waals surface area contributed by atoms with Crippen LogP contribution in [0.2, 0.25) is 0 Å². The minimum atomic E-state index is -1.19. The maximum atomic E-state index is 13.3. The number of aromatic nitrogens is 1. The number of rotatable bonds is 3. The Morgan fingerprint density at radius 1 is 1.12 bits per heavy atom. The SMILES string of the molecule is C[C@H](C(=O)O)N1C(=O)[C@@H]2[C@H]3C[C@@H]([C@@H]2C1=O)[C@@H]1[C@@H](c2ccc(O)cc2)c2sc(=O)[nH]c2S[C@@H]31. The van der Waals surface area contributed by atoms with Gasteiger partial charge >= 0.3 is 10.8 Å². The number of likely N-dealkylation sites (tertiary alicyclic amines) is 1. The Labute approximate surface area is 190 Å². The summed E-state index contributed by atoms with van der Waals surface area (Å²) in [5.41, 5.74) is 0.964. The van der Waals surface area contributed by atoms with Gasteiger partial charge in [-0.15, -0.1) is 11.8 Å². The summed E-state index contributed by atoms with van der Waals surface area (Å²) in [6, 6.07) is 5.77. The fourth-order valence-corrected chi connectivity index (χ4v) is 9.48. The van der Waals surface area contributed by atoms with Crippen molar-refractivity contribution in [3.63, 3.8) is 0 Å². The molecular weight excluding hydrogens is 452 g/mol. The van der Waals surface area contributed by atoms with Crippen molar-refractivity contribution >= 4 is 40.9 Å². The quantitative estimate of drug-likeness (QED) is 0.584. The summed E-state index contributed by atoms with van der Waals surface area (Å²) in [5.74, 6) is -2.95. The predicted octanol–water partition coefficient (Wildman–Crippen LogP) is 2.09. The molecule has 2 bridgehead atoms. The van der Waals surface area contributed by atoms with Crippen LogP contribution >= 0.6 is 23.1 Å². The molecule has 0 unspecified atom stereocenters. The number of hydrogen-bond acceptors (Lipinski definition) is 7. The van der Waals surface area contributed by atoms with E-state index >= 15 is 0 Å². The molecule has 0 spiro atoms. The van der Waals surface area contributed by atoms with Crippen LogP contribution in [-0.4, -0.2) is 49.2 Å². The van der Waals surface area contributed by atoms with Crippen molar-refractivity contribution in [1.82, 2.24) is 9.88 Å². The number of thiazole rings is 1. The summed E-state index contributed by atoms with van der Waals surface area (Å²) in [7, 11) is 0. The molecule has 2 aliphatic heterocycles. The number of imide groups is 1. The lowest BCUT2D eigenvalue weighted by Gasteiger charge is -2.43. The lowest BCUT2D eigenvalue weighted by molar-refractivity contribution is -0.154. The van der Waals surface area contributed by atoms with Gasteiger partial charge in [-0.3, -0.25) is 19.3 Å². The van der Waals surface area contributed by atoms with Crippen LogP contribution in [0.1, 0.15) is 29.7 Å². The van der Waals surface area contributed by atoms with Crippen LogP contribution < -0.4 is 4.87 Å². The number of thioether (sulfide) groups is 1. The number of hydrogen-bond donors (Lipinski definition) is 3. The fourth-order valence-electron chi connectivity index (χ4n) is 6.59. The normalized spacial score (nSPS) is 35.5. The van der Waals surface area contributed by atoms with Gasteiger partial charge in [0.05, 0.1) is 16.9 Å². The standard InChI is InChI=1S/C22H20N2O6S2/c1-7(21(28)29)24-19(26)14-10-6-11(15(14)20(24)27)16-13(10)12(8-2-4-9(25)5-3-8)17-18(31-16)23-22(30)32-17/h2-5,7,10-16,25H,6H2,1H3,(H,23,30)(H,28,29)/t7-,10-,11-,12-,13-,14+,15-,16+/m1/s1. The average molecular weight is 473 g/mol. The van der Waals surface area contributed by atoms with Gasteiger partial charge in [-0.2, -0.15) is 0 Å². The highest BCUT2D eigenvalue weighted by Crippen LogP contribution is 2.68. The zero-order valence-electron chi connectivity index (χ0n) is 16.9. The van der Waals surface area contributed by atoms with Gasteiger partial charge in [-0.05, 0) is 48.8 Å². The summed E-state index contributed by atoms with van der Waals surface area (Å²) in [6.45, 7) is 1.38. The highest BCUT2D eigenvalue weighted by Gasteiger charge is 2.70. The Hall–Kier alpha value is -2.59. The third-order valence-corrected chi connectivity index (χ3v) is 10.3. The van der Waals surface area contributed by atoms with E-state index in [-0.39, 0.29) is 51.4 Å². The lowest BCUT2D eigenvalue weighted by atomic mass is 9.68. The van der Waals surface area contributed by atoms with Crippen molar-refractivity contribution in [2.24, 2.45) is 29.6 Å². The summed E-state index contributed by atoms with van der Waals surface area (Å²) < 4.78 is 0. The fraction of sp³-hybridized carbons (Fsp3) is 0.455. The monoisotopic (exact) mass is 472 g/mol. The van der Waals surface area contributed by atoms with Crippen molar-refractivity contribution in [3.8, 4) is 5.75 Å². The second-order valence-corrected chi connectivity index (χ2v) is 11.3. The van der Waals surface area contributed by atoms with Crippen molar-refractivity contribution in [3.05, 3.63) is 44.4 Å². The molecule has 2 aromatic rings. The van der Waals surface area contributed by atoms with Crippen LogP contribution in [0.25, 0.3) is 0 Å². The molecule has 10 heteroatoms. The van der Waals surface area contributed by atoms with Crippen molar-refractivity contribution in [1.29, 1.82) is 0 Å². The minimum Gasteiger partial charge on any atom is -0.508 e. The van der Waals surface area contributed by atoms with Crippen LogP contribution in [0.4, 0.5) is 0 Å². The van der Waals surface area contributed by atoms with Crippen LogP contribution in [0.3, 0.4) is 0 Å². The molecule has 3 fully saturated rings. The van der Waals surface area contributed by atoms with Gasteiger partial charge in [0, 0.05) is 16.0 Å². The first kappa shape index (κ1) is 20.0. The van der Waals surface area contributed by atoms with Gasteiger partial charge < -0.3 is 15.2 Å². The van der Waals surface area contributed by atoms with E-state index in [1.807, 2.05) is 12.1 Å². The Balaban J connectivity index is 1.45. The van der Waals surface area contributed by atoms with Crippen molar-refractivity contribution in [2.75, 3.05) is 0 Å². The third-order valence-electron chi connectivity index (χ3n) is 7.75. The van der Waals surface area contributed by atoms with Gasteiger partial charge in [0.15, 0.2) is 0 Å². The molecule has 3 N–H and O–H groups in total. The van der Waals surface area contributed by atoms with E-state index < -0.39 is 23.8 Å². The first-order valence-electron chi connectivity index (χ1n) is 10.6. The molecular formula is C22H20N2O6S2. The molecule has 1 aromatic heterocycles. The van der Waals surface area contributed by atoms with Crippen LogP contribution in [0.15, 0.2) is 34.1 Å². The van der Waals surface area contributed by atoms with Gasteiger partial charge in [-0.25, -0.2) is 4.79 Å².